The molecular formula is C21H31F3N4O4. The highest BCUT2D eigenvalue weighted by atomic mass is 19.4. The number of carboxylic acids is 1. The minimum absolute atomic E-state index is 0.124. The third kappa shape index (κ3) is 6.44. The van der Waals surface area contributed by atoms with E-state index < -0.39 is 12.1 Å². The predicted molar refractivity (Wildman–Crippen MR) is 109 cm³/mol. The molecule has 1 N–H and O–H groups in total. The smallest absolute Gasteiger partial charge is 0.475 e. The van der Waals surface area contributed by atoms with E-state index in [1.54, 1.807) is 10.9 Å². The third-order valence-electron chi connectivity index (χ3n) is 6.54. The molecule has 1 saturated carbocycles. The van der Waals surface area contributed by atoms with Gasteiger partial charge in [0.1, 0.15) is 0 Å². The molecule has 1 aromatic heterocycles. The summed E-state index contributed by atoms with van der Waals surface area (Å²) in [5, 5.41) is 11.2. The highest BCUT2D eigenvalue weighted by Crippen LogP contribution is 2.43. The number of aliphatic carboxylic acids is 1. The van der Waals surface area contributed by atoms with Crippen molar-refractivity contribution in [1.29, 1.82) is 0 Å². The first-order chi connectivity index (χ1) is 15.0. The van der Waals surface area contributed by atoms with Crippen LogP contribution in [0.15, 0.2) is 12.4 Å². The van der Waals surface area contributed by atoms with Crippen LogP contribution in [-0.2, 0) is 16.6 Å². The number of ether oxygens (including phenoxy) is 1. The Bertz CT molecular complexity index is 801. The Morgan fingerprint density at radius 2 is 1.84 bits per heavy atom. The number of carbonyl (C=O) groups is 2. The van der Waals surface area contributed by atoms with Crippen LogP contribution in [0.1, 0.15) is 42.5 Å². The number of carboxylic acid groups (broad SMARTS) is 1. The fourth-order valence-electron chi connectivity index (χ4n) is 4.48. The van der Waals surface area contributed by atoms with Gasteiger partial charge in [-0.25, -0.2) is 4.79 Å². The van der Waals surface area contributed by atoms with Crippen molar-refractivity contribution < 1.29 is 32.6 Å². The van der Waals surface area contributed by atoms with E-state index in [1.165, 1.54) is 19.3 Å². The Hall–Kier alpha value is -2.14. The average Bonchev–Trinajstić information content (AvgIpc) is 3.36. The second kappa shape index (κ2) is 9.78. The minimum atomic E-state index is -5.08. The first kappa shape index (κ1) is 24.5. The van der Waals surface area contributed by atoms with Gasteiger partial charge in [0, 0.05) is 45.5 Å². The second-order valence-corrected chi connectivity index (χ2v) is 9.25. The number of amides is 1. The van der Waals surface area contributed by atoms with E-state index in [-0.39, 0.29) is 5.91 Å². The molecule has 1 atom stereocenters. The molecule has 1 aliphatic carbocycles. The summed E-state index contributed by atoms with van der Waals surface area (Å²) in [5.41, 5.74) is 1.07. The van der Waals surface area contributed by atoms with Crippen LogP contribution < -0.4 is 0 Å². The summed E-state index contributed by atoms with van der Waals surface area (Å²) in [6.07, 6.45) is 4.51. The molecule has 1 aromatic rings. The van der Waals surface area contributed by atoms with E-state index in [4.69, 9.17) is 14.6 Å². The maximum absolute atomic E-state index is 12.6. The van der Waals surface area contributed by atoms with Crippen molar-refractivity contribution in [3.05, 3.63) is 18.0 Å². The minimum Gasteiger partial charge on any atom is -0.475 e. The summed E-state index contributed by atoms with van der Waals surface area (Å²) in [5.74, 6) is -1.80. The topological polar surface area (TPSA) is 87.9 Å². The number of nitrogens with zero attached hydrogens (tertiary/aromatic N) is 4. The lowest BCUT2D eigenvalue weighted by molar-refractivity contribution is -0.192. The average molecular weight is 460 g/mol. The van der Waals surface area contributed by atoms with Crippen LogP contribution in [0.25, 0.3) is 0 Å². The molecule has 11 heteroatoms. The number of aryl methyl sites for hydroxylation is 1. The molecule has 0 aromatic carbocycles. The van der Waals surface area contributed by atoms with Crippen LogP contribution in [0.3, 0.4) is 0 Å². The van der Waals surface area contributed by atoms with E-state index in [0.29, 0.717) is 17.0 Å². The number of alkyl halides is 3. The van der Waals surface area contributed by atoms with E-state index in [0.717, 1.165) is 51.6 Å². The number of halogens is 3. The van der Waals surface area contributed by atoms with Crippen molar-refractivity contribution in [3.8, 4) is 0 Å². The first-order valence-corrected chi connectivity index (χ1v) is 10.9. The molecule has 180 valence electrons. The molecule has 3 fully saturated rings. The molecule has 3 heterocycles. The van der Waals surface area contributed by atoms with Crippen molar-refractivity contribution >= 4 is 11.9 Å². The van der Waals surface area contributed by atoms with Crippen molar-refractivity contribution in [3.63, 3.8) is 0 Å². The van der Waals surface area contributed by atoms with Crippen LogP contribution in [0.5, 0.6) is 0 Å². The van der Waals surface area contributed by atoms with Crippen molar-refractivity contribution in [2.75, 3.05) is 39.9 Å². The van der Waals surface area contributed by atoms with Crippen LogP contribution in [0, 0.1) is 11.3 Å². The summed E-state index contributed by atoms with van der Waals surface area (Å²) >= 11 is 0. The molecule has 8 nitrogen and oxygen atoms in total. The fraction of sp³-hybridized carbons (Fsp3) is 0.762. The Kier molecular flexibility index (Phi) is 7.49. The zero-order valence-corrected chi connectivity index (χ0v) is 18.5. The van der Waals surface area contributed by atoms with Gasteiger partial charge in [0.25, 0.3) is 5.91 Å². The lowest BCUT2D eigenvalue weighted by atomic mass is 9.76. The van der Waals surface area contributed by atoms with E-state index in [1.807, 2.05) is 18.1 Å². The number of hydrogen-bond donors (Lipinski definition) is 1. The lowest BCUT2D eigenvalue weighted by Gasteiger charge is -2.39. The Morgan fingerprint density at radius 1 is 1.22 bits per heavy atom. The molecule has 4 rings (SSSR count). The summed E-state index contributed by atoms with van der Waals surface area (Å²) in [4.78, 5) is 26.0. The molecule has 1 unspecified atom stereocenters. The van der Waals surface area contributed by atoms with Crippen LogP contribution in [0.4, 0.5) is 13.2 Å². The standard InChI is InChI=1S/C19H30N4O2.C2HF3O2/c1-21-14-19(9-17(21)13-25-12-15-3-4-15)5-7-23(8-6-19)18(24)16-10-20-22(2)11-16;3-2(4,5)1(6)7/h10-11,15,17H,3-9,12-14H2,1-2H3;(H,6,7). The third-order valence-corrected chi connectivity index (χ3v) is 6.54. The Morgan fingerprint density at radius 3 is 2.34 bits per heavy atom. The van der Waals surface area contributed by atoms with Gasteiger partial charge in [-0.3, -0.25) is 9.48 Å². The summed E-state index contributed by atoms with van der Waals surface area (Å²) in [7, 11) is 4.08. The normalized spacial score (nSPS) is 23.2. The highest BCUT2D eigenvalue weighted by Gasteiger charge is 2.45. The molecule has 2 aliphatic heterocycles. The van der Waals surface area contributed by atoms with E-state index in [9.17, 15) is 18.0 Å². The second-order valence-electron chi connectivity index (χ2n) is 9.25. The number of carbonyl (C=O) groups excluding carboxylic acids is 1. The van der Waals surface area contributed by atoms with E-state index >= 15 is 0 Å². The largest absolute Gasteiger partial charge is 0.490 e. The molecular weight excluding hydrogens is 429 g/mol. The van der Waals surface area contributed by atoms with Crippen LogP contribution in [-0.4, -0.2) is 88.7 Å². The van der Waals surface area contributed by atoms with Gasteiger partial charge in [0.05, 0.1) is 18.4 Å². The monoisotopic (exact) mass is 460 g/mol. The zero-order valence-electron chi connectivity index (χ0n) is 18.5. The number of piperidine rings is 1. The molecule has 32 heavy (non-hydrogen) atoms. The van der Waals surface area contributed by atoms with Crippen molar-refractivity contribution in [1.82, 2.24) is 19.6 Å². The zero-order chi connectivity index (χ0) is 23.5. The van der Waals surface area contributed by atoms with E-state index in [2.05, 4.69) is 17.0 Å². The quantitative estimate of drug-likeness (QED) is 0.726. The Balaban J connectivity index is 0.000000360. The van der Waals surface area contributed by atoms with Gasteiger partial charge < -0.3 is 19.6 Å². The molecule has 1 spiro atoms. The molecule has 0 radical (unpaired) electrons. The number of aromatic nitrogens is 2. The molecule has 2 saturated heterocycles. The fourth-order valence-corrected chi connectivity index (χ4v) is 4.48. The SMILES string of the molecule is CN1CC2(CCN(C(=O)c3cnn(C)c3)CC2)CC1COCC1CC1.O=C(O)C(F)(F)F. The van der Waals surface area contributed by atoms with Gasteiger partial charge in [-0.1, -0.05) is 0 Å². The maximum Gasteiger partial charge on any atom is 0.490 e. The number of likely N-dealkylation sites (N-methyl/N-ethyl adjacent to an activating group) is 1. The lowest BCUT2D eigenvalue weighted by Crippen LogP contribution is -2.44. The maximum atomic E-state index is 12.6. The van der Waals surface area contributed by atoms with Gasteiger partial charge in [0.15, 0.2) is 0 Å². The van der Waals surface area contributed by atoms with Crippen molar-refractivity contribution in [2.24, 2.45) is 18.4 Å². The molecule has 0 bridgehead atoms. The Labute approximate surface area is 185 Å². The van der Waals surface area contributed by atoms with Gasteiger partial charge in [-0.05, 0) is 50.5 Å². The number of rotatable bonds is 5. The van der Waals surface area contributed by atoms with Gasteiger partial charge in [-0.15, -0.1) is 0 Å². The number of likely N-dealkylation sites (tertiary alicyclic amines) is 2. The predicted octanol–water partition coefficient (Wildman–Crippen LogP) is 2.41. The van der Waals surface area contributed by atoms with Crippen LogP contribution >= 0.6 is 0 Å². The highest BCUT2D eigenvalue weighted by molar-refractivity contribution is 5.93. The van der Waals surface area contributed by atoms with Crippen molar-refractivity contribution in [2.45, 2.75) is 44.3 Å². The van der Waals surface area contributed by atoms with Crippen LogP contribution in [0.2, 0.25) is 0 Å². The molecule has 1 amide bonds. The van der Waals surface area contributed by atoms with Gasteiger partial charge in [-0.2, -0.15) is 18.3 Å². The summed E-state index contributed by atoms with van der Waals surface area (Å²) in [6, 6.07) is 0.541. The first-order valence-electron chi connectivity index (χ1n) is 10.9. The van der Waals surface area contributed by atoms with Gasteiger partial charge in [0.2, 0.25) is 0 Å². The molecule has 3 aliphatic rings. The summed E-state index contributed by atoms with van der Waals surface area (Å²) < 4.78 is 39.4. The van der Waals surface area contributed by atoms with Gasteiger partial charge >= 0.3 is 12.1 Å². The number of hydrogen-bond acceptors (Lipinski definition) is 5. The summed E-state index contributed by atoms with van der Waals surface area (Å²) in [6.45, 7) is 4.67.